The first-order valence-corrected chi connectivity index (χ1v) is 9.28. The van der Waals surface area contributed by atoms with E-state index in [9.17, 15) is 9.59 Å². The van der Waals surface area contributed by atoms with Gasteiger partial charge in [0, 0.05) is 18.5 Å². The van der Waals surface area contributed by atoms with Gasteiger partial charge in [-0.3, -0.25) is 4.79 Å². The van der Waals surface area contributed by atoms with Crippen molar-refractivity contribution in [2.24, 2.45) is 5.92 Å². The van der Waals surface area contributed by atoms with Crippen LogP contribution in [0, 0.1) is 5.92 Å². The van der Waals surface area contributed by atoms with Gasteiger partial charge in [0.15, 0.2) is 0 Å². The molecule has 0 aromatic rings. The van der Waals surface area contributed by atoms with Gasteiger partial charge in [-0.25, -0.2) is 4.79 Å². The molecule has 1 N–H and O–H groups in total. The highest BCUT2D eigenvalue weighted by atomic mass is 16.4. The first-order chi connectivity index (χ1) is 12.0. The van der Waals surface area contributed by atoms with Gasteiger partial charge < -0.3 is 10.0 Å². The first kappa shape index (κ1) is 19.2. The monoisotopic (exact) mass is 343 g/mol. The summed E-state index contributed by atoms with van der Waals surface area (Å²) in [5.74, 6) is -0.393. The number of hydrogen-bond donors (Lipinski definition) is 1. The van der Waals surface area contributed by atoms with Gasteiger partial charge in [0.05, 0.1) is 6.04 Å². The molecule has 2 rings (SSSR count). The number of carboxylic acids is 1. The molecule has 0 aromatic heterocycles. The second kappa shape index (κ2) is 9.40. The van der Waals surface area contributed by atoms with Crippen molar-refractivity contribution in [2.75, 3.05) is 6.54 Å². The van der Waals surface area contributed by atoms with E-state index in [-0.39, 0.29) is 17.9 Å². The fourth-order valence-corrected chi connectivity index (χ4v) is 3.42. The Balaban J connectivity index is 1.93. The molecule has 0 bridgehead atoms. The highest BCUT2D eigenvalue weighted by Crippen LogP contribution is 2.29. The fourth-order valence-electron chi connectivity index (χ4n) is 3.42. The van der Waals surface area contributed by atoms with Gasteiger partial charge in [-0.15, -0.1) is 0 Å². The van der Waals surface area contributed by atoms with E-state index in [1.165, 1.54) is 5.57 Å². The number of carboxylic acid groups (broad SMARTS) is 1. The van der Waals surface area contributed by atoms with Gasteiger partial charge in [0.2, 0.25) is 5.91 Å². The van der Waals surface area contributed by atoms with Gasteiger partial charge in [0.1, 0.15) is 0 Å². The van der Waals surface area contributed by atoms with E-state index in [1.807, 2.05) is 11.0 Å². The van der Waals surface area contributed by atoms with Crippen molar-refractivity contribution in [2.45, 2.75) is 58.4 Å². The number of unbranched alkanes of at least 4 members (excludes halogenated alkanes) is 1. The van der Waals surface area contributed by atoms with Crippen LogP contribution in [0.2, 0.25) is 0 Å². The predicted molar refractivity (Wildman–Crippen MR) is 100 cm³/mol. The van der Waals surface area contributed by atoms with Gasteiger partial charge in [0.25, 0.3) is 0 Å². The molecule has 2 aliphatic rings. The molecular weight excluding hydrogens is 314 g/mol. The Labute approximate surface area is 150 Å². The Morgan fingerprint density at radius 1 is 1.36 bits per heavy atom. The molecule has 1 aliphatic heterocycles. The number of hydrogen-bond acceptors (Lipinski definition) is 2. The van der Waals surface area contributed by atoms with Crippen LogP contribution in [0.15, 0.2) is 47.6 Å². The zero-order valence-electron chi connectivity index (χ0n) is 15.3. The Kier molecular flexibility index (Phi) is 7.23. The molecule has 1 aliphatic carbocycles. The summed E-state index contributed by atoms with van der Waals surface area (Å²) in [4.78, 5) is 25.2. The average molecular weight is 343 g/mol. The van der Waals surface area contributed by atoms with E-state index in [2.05, 4.69) is 38.2 Å². The van der Waals surface area contributed by atoms with Gasteiger partial charge in [-0.05, 0) is 31.6 Å². The summed E-state index contributed by atoms with van der Waals surface area (Å²) in [5.41, 5.74) is 1.70. The molecule has 4 nitrogen and oxygen atoms in total. The van der Waals surface area contributed by atoms with Crippen LogP contribution in [0.3, 0.4) is 0 Å². The quantitative estimate of drug-likeness (QED) is 0.670. The van der Waals surface area contributed by atoms with Crippen molar-refractivity contribution < 1.29 is 14.7 Å². The van der Waals surface area contributed by atoms with Crippen molar-refractivity contribution in [1.29, 1.82) is 0 Å². The molecular formula is C21H29NO3. The molecule has 0 radical (unpaired) electrons. The molecule has 1 unspecified atom stereocenters. The minimum atomic E-state index is -0.835. The van der Waals surface area contributed by atoms with E-state index >= 15 is 0 Å². The molecule has 136 valence electrons. The van der Waals surface area contributed by atoms with Gasteiger partial charge in [-0.1, -0.05) is 62.3 Å². The molecule has 25 heavy (non-hydrogen) atoms. The largest absolute Gasteiger partial charge is 0.478 e. The van der Waals surface area contributed by atoms with E-state index in [0.29, 0.717) is 25.0 Å². The molecule has 2 atom stereocenters. The van der Waals surface area contributed by atoms with Crippen molar-refractivity contribution >= 4 is 11.9 Å². The van der Waals surface area contributed by atoms with Crippen LogP contribution in [0.5, 0.6) is 0 Å². The third kappa shape index (κ3) is 5.45. The Morgan fingerprint density at radius 3 is 2.84 bits per heavy atom. The summed E-state index contributed by atoms with van der Waals surface area (Å²) >= 11 is 0. The number of allylic oxidation sites excluding steroid dienone is 5. The zero-order valence-corrected chi connectivity index (χ0v) is 15.3. The van der Waals surface area contributed by atoms with Crippen LogP contribution < -0.4 is 0 Å². The highest BCUT2D eigenvalue weighted by Gasteiger charge is 2.29. The third-order valence-electron chi connectivity index (χ3n) is 4.98. The van der Waals surface area contributed by atoms with Crippen LogP contribution in [0.25, 0.3) is 0 Å². The standard InChI is InChI=1S/C21H29NO3/c1-3-4-5-6-7-8-19-11-12-20(23)22(19)14-13-17-9-10-18(21(24)25)15-16(17)2/h5-10,16,19H,3-4,11-15H2,1-2H3,(H,24,25)/b6-5+,8-7-/t16?,19-/m0/s1. The number of carbonyl (C=O) groups excluding carboxylic acids is 1. The van der Waals surface area contributed by atoms with Crippen molar-refractivity contribution in [3.63, 3.8) is 0 Å². The van der Waals surface area contributed by atoms with Crippen molar-refractivity contribution in [3.8, 4) is 0 Å². The van der Waals surface area contributed by atoms with Crippen LogP contribution in [-0.4, -0.2) is 34.5 Å². The Bertz CT molecular complexity index is 613. The predicted octanol–water partition coefficient (Wildman–Crippen LogP) is 4.26. The number of amides is 1. The minimum Gasteiger partial charge on any atom is -0.478 e. The van der Waals surface area contributed by atoms with E-state index < -0.39 is 5.97 Å². The maximum absolute atomic E-state index is 12.2. The van der Waals surface area contributed by atoms with Crippen LogP contribution >= 0.6 is 0 Å². The fraction of sp³-hybridized carbons (Fsp3) is 0.524. The number of nitrogens with zero attached hydrogens (tertiary/aromatic N) is 1. The number of aliphatic carboxylic acids is 1. The smallest absolute Gasteiger partial charge is 0.331 e. The van der Waals surface area contributed by atoms with E-state index in [4.69, 9.17) is 5.11 Å². The van der Waals surface area contributed by atoms with Crippen LogP contribution in [0.4, 0.5) is 0 Å². The summed E-state index contributed by atoms with van der Waals surface area (Å²) in [6, 6.07) is 0.184. The summed E-state index contributed by atoms with van der Waals surface area (Å²) in [7, 11) is 0. The molecule has 1 fully saturated rings. The average Bonchev–Trinajstić information content (AvgIpc) is 2.93. The number of likely N-dealkylation sites (tertiary alicyclic amines) is 1. The maximum Gasteiger partial charge on any atom is 0.331 e. The lowest BCUT2D eigenvalue weighted by Gasteiger charge is -2.26. The SMILES string of the molecule is CCC/C=C/C=C\[C@H]1CCC(=O)N1CCC1=CC=C(C(=O)O)CC1C. The van der Waals surface area contributed by atoms with E-state index in [1.54, 1.807) is 6.08 Å². The third-order valence-corrected chi connectivity index (χ3v) is 4.98. The molecule has 4 heteroatoms. The second-order valence-corrected chi connectivity index (χ2v) is 6.89. The molecule has 1 saturated heterocycles. The maximum atomic E-state index is 12.2. The molecule has 0 aromatic carbocycles. The van der Waals surface area contributed by atoms with E-state index in [0.717, 1.165) is 25.7 Å². The summed E-state index contributed by atoms with van der Waals surface area (Å²) < 4.78 is 0. The second-order valence-electron chi connectivity index (χ2n) is 6.89. The topological polar surface area (TPSA) is 57.6 Å². The lowest BCUT2D eigenvalue weighted by molar-refractivity contribution is -0.133. The summed E-state index contributed by atoms with van der Waals surface area (Å²) in [6.07, 6.45) is 17.1. The lowest BCUT2D eigenvalue weighted by atomic mass is 9.86. The van der Waals surface area contributed by atoms with Crippen molar-refractivity contribution in [3.05, 3.63) is 47.6 Å². The lowest BCUT2D eigenvalue weighted by Crippen LogP contribution is -2.33. The first-order valence-electron chi connectivity index (χ1n) is 9.28. The zero-order chi connectivity index (χ0) is 18.2. The number of rotatable bonds is 8. The van der Waals surface area contributed by atoms with Crippen molar-refractivity contribution in [1.82, 2.24) is 4.90 Å². The van der Waals surface area contributed by atoms with Gasteiger partial charge >= 0.3 is 5.97 Å². The highest BCUT2D eigenvalue weighted by molar-refractivity contribution is 5.87. The normalized spacial score (nSPS) is 24.2. The molecule has 0 spiro atoms. The van der Waals surface area contributed by atoms with Crippen LogP contribution in [-0.2, 0) is 9.59 Å². The molecule has 1 heterocycles. The van der Waals surface area contributed by atoms with Crippen LogP contribution in [0.1, 0.15) is 52.4 Å². The summed E-state index contributed by atoms with van der Waals surface area (Å²) in [5, 5.41) is 9.09. The van der Waals surface area contributed by atoms with Gasteiger partial charge in [-0.2, -0.15) is 0 Å². The summed E-state index contributed by atoms with van der Waals surface area (Å²) in [6.45, 7) is 4.92. The molecule has 0 saturated carbocycles. The number of carbonyl (C=O) groups is 2. The molecule has 1 amide bonds. The Morgan fingerprint density at radius 2 is 2.16 bits per heavy atom. The Hall–Kier alpha value is -2.10. The minimum absolute atomic E-state index is 0.184.